The highest BCUT2D eigenvalue weighted by Crippen LogP contribution is 2.48. The Balaban J connectivity index is 1.89. The molecule has 0 radical (unpaired) electrons. The van der Waals surface area contributed by atoms with Crippen LogP contribution in [0.25, 0.3) is 27.7 Å². The third-order valence-corrected chi connectivity index (χ3v) is 5.66. The average Bonchev–Trinajstić information content (AvgIpc) is 3.25. The first-order chi connectivity index (χ1) is 13.8. The maximum Gasteiger partial charge on any atom is 0.162 e. The van der Waals surface area contributed by atoms with Crippen molar-refractivity contribution in [3.05, 3.63) is 54.0 Å². The van der Waals surface area contributed by atoms with Crippen LogP contribution in [0, 0.1) is 12.7 Å². The number of hydrogen-bond acceptors (Lipinski definition) is 4. The smallest absolute Gasteiger partial charge is 0.162 e. The Labute approximate surface area is 167 Å². The summed E-state index contributed by atoms with van der Waals surface area (Å²) in [6, 6.07) is 9.43. The number of halogens is 1. The van der Waals surface area contributed by atoms with Crippen molar-refractivity contribution in [2.24, 2.45) is 7.05 Å². The SMILES string of the molecule is COc1c(-c2cccc3c2ccn3C)c(F)cc2c1-n1c(C)nnc1C(C)(C)N2. The lowest BCUT2D eigenvalue weighted by molar-refractivity contribution is 0.408. The van der Waals surface area contributed by atoms with Crippen molar-refractivity contribution >= 4 is 16.6 Å². The van der Waals surface area contributed by atoms with Crippen LogP contribution in [0.5, 0.6) is 5.75 Å². The summed E-state index contributed by atoms with van der Waals surface area (Å²) in [6.45, 7) is 5.89. The van der Waals surface area contributed by atoms with Crippen molar-refractivity contribution in [2.75, 3.05) is 12.4 Å². The van der Waals surface area contributed by atoms with Crippen molar-refractivity contribution < 1.29 is 9.13 Å². The number of benzene rings is 2. The van der Waals surface area contributed by atoms with E-state index in [2.05, 4.69) is 15.5 Å². The number of aryl methyl sites for hydroxylation is 2. The zero-order valence-corrected chi connectivity index (χ0v) is 17.0. The Hall–Kier alpha value is -3.35. The molecule has 0 saturated carbocycles. The maximum atomic E-state index is 15.5. The van der Waals surface area contributed by atoms with Crippen molar-refractivity contribution in [2.45, 2.75) is 26.3 Å². The summed E-state index contributed by atoms with van der Waals surface area (Å²) in [5.74, 6) is 1.61. The minimum absolute atomic E-state index is 0.338. The lowest BCUT2D eigenvalue weighted by atomic mass is 9.95. The number of nitrogens with zero attached hydrogens (tertiary/aromatic N) is 4. The zero-order valence-electron chi connectivity index (χ0n) is 17.0. The minimum atomic E-state index is -0.493. The molecule has 148 valence electrons. The van der Waals surface area contributed by atoms with Gasteiger partial charge in [0.25, 0.3) is 0 Å². The first-order valence-electron chi connectivity index (χ1n) is 9.49. The summed E-state index contributed by atoms with van der Waals surface area (Å²) in [5.41, 5.74) is 3.15. The number of fused-ring (bicyclic) bond motifs is 4. The van der Waals surface area contributed by atoms with Crippen LogP contribution in [-0.4, -0.2) is 26.4 Å². The van der Waals surface area contributed by atoms with Gasteiger partial charge in [-0.05, 0) is 38.5 Å². The van der Waals surface area contributed by atoms with Crippen molar-refractivity contribution in [1.29, 1.82) is 0 Å². The average molecular weight is 391 g/mol. The Morgan fingerprint density at radius 1 is 1.17 bits per heavy atom. The van der Waals surface area contributed by atoms with Gasteiger partial charge in [-0.15, -0.1) is 10.2 Å². The van der Waals surface area contributed by atoms with E-state index in [1.165, 1.54) is 0 Å². The largest absolute Gasteiger partial charge is 0.494 e. The zero-order chi connectivity index (χ0) is 20.5. The van der Waals surface area contributed by atoms with Gasteiger partial charge < -0.3 is 14.6 Å². The van der Waals surface area contributed by atoms with Gasteiger partial charge in [-0.25, -0.2) is 4.39 Å². The van der Waals surface area contributed by atoms with E-state index in [9.17, 15) is 0 Å². The third kappa shape index (κ3) is 2.33. The van der Waals surface area contributed by atoms with E-state index in [1.54, 1.807) is 13.2 Å². The molecule has 0 saturated heterocycles. The molecule has 7 heteroatoms. The molecule has 0 amide bonds. The fourth-order valence-electron chi connectivity index (χ4n) is 4.33. The van der Waals surface area contributed by atoms with Crippen LogP contribution in [-0.2, 0) is 12.6 Å². The molecule has 3 heterocycles. The van der Waals surface area contributed by atoms with E-state index in [0.717, 1.165) is 33.8 Å². The van der Waals surface area contributed by atoms with E-state index in [-0.39, 0.29) is 5.82 Å². The van der Waals surface area contributed by atoms with Crippen molar-refractivity contribution in [3.63, 3.8) is 0 Å². The van der Waals surface area contributed by atoms with Gasteiger partial charge >= 0.3 is 0 Å². The molecule has 29 heavy (non-hydrogen) atoms. The monoisotopic (exact) mass is 391 g/mol. The molecule has 0 atom stereocenters. The molecule has 0 unspecified atom stereocenters. The summed E-state index contributed by atoms with van der Waals surface area (Å²) in [4.78, 5) is 0. The Bertz CT molecular complexity index is 1280. The highest BCUT2D eigenvalue weighted by atomic mass is 19.1. The van der Waals surface area contributed by atoms with Gasteiger partial charge in [-0.1, -0.05) is 12.1 Å². The van der Waals surface area contributed by atoms with Gasteiger partial charge in [-0.3, -0.25) is 4.57 Å². The van der Waals surface area contributed by atoms with E-state index < -0.39 is 5.54 Å². The van der Waals surface area contributed by atoms with Crippen molar-refractivity contribution in [3.8, 4) is 22.6 Å². The molecule has 5 rings (SSSR count). The van der Waals surface area contributed by atoms with Gasteiger partial charge in [0.05, 0.1) is 23.9 Å². The van der Waals surface area contributed by atoms with Crippen LogP contribution in [0.3, 0.4) is 0 Å². The standard InChI is InChI=1S/C22H22FN5O/c1-12-25-26-21-22(2,3)24-16-11-15(23)18(20(29-5)19(16)28(12)21)14-7-6-8-17-13(14)9-10-27(17)4/h6-11,24H,1-5H3. The van der Waals surface area contributed by atoms with E-state index >= 15 is 4.39 Å². The number of ether oxygens (including phenoxy) is 1. The quantitative estimate of drug-likeness (QED) is 0.545. The molecule has 1 N–H and O–H groups in total. The first kappa shape index (κ1) is 17.7. The summed E-state index contributed by atoms with van der Waals surface area (Å²) in [6.07, 6.45) is 1.98. The maximum absolute atomic E-state index is 15.5. The second-order valence-electron chi connectivity index (χ2n) is 7.98. The normalized spacial score (nSPS) is 14.4. The second kappa shape index (κ2) is 5.83. The molecular formula is C22H22FN5O. The minimum Gasteiger partial charge on any atom is -0.494 e. The molecule has 2 aromatic heterocycles. The Morgan fingerprint density at radius 3 is 2.72 bits per heavy atom. The molecule has 2 aromatic carbocycles. The predicted octanol–water partition coefficient (Wildman–Crippen LogP) is 4.54. The summed E-state index contributed by atoms with van der Waals surface area (Å²) < 4.78 is 25.3. The van der Waals surface area contributed by atoms with Crippen molar-refractivity contribution in [1.82, 2.24) is 19.3 Å². The lowest BCUT2D eigenvalue weighted by Crippen LogP contribution is -2.36. The topological polar surface area (TPSA) is 56.9 Å². The number of nitrogens with one attached hydrogen (secondary N) is 1. The van der Waals surface area contributed by atoms with Crippen LogP contribution < -0.4 is 10.1 Å². The molecule has 0 spiro atoms. The summed E-state index contributed by atoms with van der Waals surface area (Å²) in [5, 5.41) is 13.0. The fraction of sp³-hybridized carbons (Fsp3) is 0.273. The van der Waals surface area contributed by atoms with Gasteiger partial charge in [0.2, 0.25) is 0 Å². The summed E-state index contributed by atoms with van der Waals surface area (Å²) in [7, 11) is 3.55. The first-order valence-corrected chi connectivity index (χ1v) is 9.49. The highest BCUT2D eigenvalue weighted by molar-refractivity contribution is 5.99. The number of aromatic nitrogens is 4. The van der Waals surface area contributed by atoms with Crippen LogP contribution in [0.2, 0.25) is 0 Å². The van der Waals surface area contributed by atoms with Crippen LogP contribution in [0.1, 0.15) is 25.5 Å². The number of methoxy groups -OCH3 is 1. The molecule has 0 bridgehead atoms. The molecule has 6 nitrogen and oxygen atoms in total. The van der Waals surface area contributed by atoms with Gasteiger partial charge in [-0.2, -0.15) is 0 Å². The molecule has 1 aliphatic heterocycles. The second-order valence-corrected chi connectivity index (χ2v) is 7.98. The van der Waals surface area contributed by atoms with Crippen LogP contribution in [0.4, 0.5) is 10.1 Å². The predicted molar refractivity (Wildman–Crippen MR) is 111 cm³/mol. The molecule has 0 fully saturated rings. The van der Waals surface area contributed by atoms with Gasteiger partial charge in [0, 0.05) is 30.2 Å². The van der Waals surface area contributed by atoms with Gasteiger partial charge in [0.1, 0.15) is 17.3 Å². The molecule has 4 aromatic rings. The van der Waals surface area contributed by atoms with E-state index in [1.807, 2.05) is 67.4 Å². The number of anilines is 1. The molecule has 0 aliphatic carbocycles. The fourth-order valence-corrected chi connectivity index (χ4v) is 4.33. The lowest BCUT2D eigenvalue weighted by Gasteiger charge is -2.35. The van der Waals surface area contributed by atoms with E-state index in [4.69, 9.17) is 4.74 Å². The Morgan fingerprint density at radius 2 is 1.97 bits per heavy atom. The van der Waals surface area contributed by atoms with Gasteiger partial charge in [0.15, 0.2) is 11.6 Å². The summed E-state index contributed by atoms with van der Waals surface area (Å²) >= 11 is 0. The van der Waals surface area contributed by atoms with Crippen LogP contribution >= 0.6 is 0 Å². The molecular weight excluding hydrogens is 369 g/mol. The third-order valence-electron chi connectivity index (χ3n) is 5.66. The Kier molecular flexibility index (Phi) is 3.56. The number of hydrogen-bond donors (Lipinski definition) is 1. The number of rotatable bonds is 2. The highest BCUT2D eigenvalue weighted by Gasteiger charge is 2.37. The van der Waals surface area contributed by atoms with Crippen LogP contribution in [0.15, 0.2) is 36.5 Å². The molecule has 1 aliphatic rings. The van der Waals surface area contributed by atoms with E-state index in [0.29, 0.717) is 17.0 Å².